The van der Waals surface area contributed by atoms with Gasteiger partial charge in [0.2, 0.25) is 0 Å². The van der Waals surface area contributed by atoms with Crippen LogP contribution in [0.2, 0.25) is 0 Å². The van der Waals surface area contributed by atoms with Gasteiger partial charge in [-0.05, 0) is 18.6 Å². The fourth-order valence-corrected chi connectivity index (χ4v) is 2.89. The molecule has 2 atom stereocenters. The third kappa shape index (κ3) is 3.77. The molecule has 1 fully saturated rings. The normalized spacial score (nSPS) is 29.4. The number of nitrogens with one attached hydrogen (secondary N) is 1. The molecular formula is C10H21NO2S. The lowest BCUT2D eigenvalue weighted by molar-refractivity contribution is 0.0588. The number of rotatable bonds is 6. The van der Waals surface area contributed by atoms with E-state index in [4.69, 9.17) is 4.74 Å². The zero-order valence-electron chi connectivity index (χ0n) is 9.08. The molecule has 0 unspecified atom stereocenters. The standard InChI is InChI=1S/C10H21NO2S/c1-3-9(6-13-2)11-7-10(12)4-5-14-8-10/h9,11-12H,3-8H2,1-2H3/t9-,10+/m1/s1. The van der Waals surface area contributed by atoms with Crippen molar-refractivity contribution in [1.29, 1.82) is 0 Å². The molecule has 2 N–H and O–H groups in total. The Bertz CT molecular complexity index is 160. The number of ether oxygens (including phenoxy) is 1. The van der Waals surface area contributed by atoms with Gasteiger partial charge in [0.1, 0.15) is 0 Å². The van der Waals surface area contributed by atoms with Gasteiger partial charge in [0.05, 0.1) is 12.2 Å². The molecule has 0 radical (unpaired) electrons. The van der Waals surface area contributed by atoms with Gasteiger partial charge in [-0.25, -0.2) is 0 Å². The molecule has 0 spiro atoms. The maximum Gasteiger partial charge on any atom is 0.0869 e. The maximum absolute atomic E-state index is 10.1. The first-order chi connectivity index (χ1) is 6.70. The molecule has 0 aromatic heterocycles. The molecule has 1 aliphatic rings. The minimum atomic E-state index is -0.480. The lowest BCUT2D eigenvalue weighted by Gasteiger charge is -2.25. The van der Waals surface area contributed by atoms with Crippen molar-refractivity contribution in [2.75, 3.05) is 31.8 Å². The Labute approximate surface area is 90.6 Å². The lowest BCUT2D eigenvalue weighted by atomic mass is 10.0. The summed E-state index contributed by atoms with van der Waals surface area (Å²) in [7, 11) is 1.71. The molecule has 1 heterocycles. The molecule has 0 aromatic rings. The topological polar surface area (TPSA) is 41.5 Å². The first-order valence-corrected chi connectivity index (χ1v) is 6.38. The fraction of sp³-hybridized carbons (Fsp3) is 1.00. The second-order valence-electron chi connectivity index (χ2n) is 3.97. The Morgan fingerprint density at radius 2 is 2.43 bits per heavy atom. The number of thioether (sulfide) groups is 1. The van der Waals surface area contributed by atoms with Crippen molar-refractivity contribution in [2.45, 2.75) is 31.4 Å². The Balaban J connectivity index is 2.23. The lowest BCUT2D eigenvalue weighted by Crippen LogP contribution is -2.45. The third-order valence-corrected chi connectivity index (χ3v) is 3.90. The minimum Gasteiger partial charge on any atom is -0.388 e. The van der Waals surface area contributed by atoms with Crippen LogP contribution in [-0.2, 0) is 4.74 Å². The second kappa shape index (κ2) is 5.95. The average Bonchev–Trinajstić information content (AvgIpc) is 2.60. The summed E-state index contributed by atoms with van der Waals surface area (Å²) in [6, 6.07) is 0.370. The van der Waals surface area contributed by atoms with Gasteiger partial charge in [-0.1, -0.05) is 6.92 Å². The van der Waals surface area contributed by atoms with Crippen LogP contribution >= 0.6 is 11.8 Å². The van der Waals surface area contributed by atoms with Crippen LogP contribution < -0.4 is 5.32 Å². The van der Waals surface area contributed by atoms with E-state index in [1.807, 2.05) is 11.8 Å². The predicted octanol–water partition coefficient (Wildman–Crippen LogP) is 0.869. The first kappa shape index (κ1) is 12.3. The molecule has 1 saturated heterocycles. The van der Waals surface area contributed by atoms with E-state index in [-0.39, 0.29) is 0 Å². The molecule has 14 heavy (non-hydrogen) atoms. The van der Waals surface area contributed by atoms with E-state index < -0.39 is 5.60 Å². The summed E-state index contributed by atoms with van der Waals surface area (Å²) in [4.78, 5) is 0. The molecule has 0 amide bonds. The highest BCUT2D eigenvalue weighted by Crippen LogP contribution is 2.27. The number of aliphatic hydroxyl groups is 1. The summed E-state index contributed by atoms with van der Waals surface area (Å²) in [5.74, 6) is 1.95. The molecule has 84 valence electrons. The van der Waals surface area contributed by atoms with E-state index in [1.54, 1.807) is 7.11 Å². The van der Waals surface area contributed by atoms with E-state index >= 15 is 0 Å². The van der Waals surface area contributed by atoms with Crippen LogP contribution in [0.15, 0.2) is 0 Å². The fourth-order valence-electron chi connectivity index (χ4n) is 1.59. The van der Waals surface area contributed by atoms with Crippen molar-refractivity contribution >= 4 is 11.8 Å². The van der Waals surface area contributed by atoms with Crippen LogP contribution in [0.4, 0.5) is 0 Å². The van der Waals surface area contributed by atoms with Gasteiger partial charge in [0.15, 0.2) is 0 Å². The molecule has 3 nitrogen and oxygen atoms in total. The quantitative estimate of drug-likeness (QED) is 0.695. The van der Waals surface area contributed by atoms with Crippen LogP contribution in [-0.4, -0.2) is 48.5 Å². The van der Waals surface area contributed by atoms with Crippen LogP contribution in [0, 0.1) is 0 Å². The van der Waals surface area contributed by atoms with Crippen molar-refractivity contribution in [2.24, 2.45) is 0 Å². The van der Waals surface area contributed by atoms with Gasteiger partial charge in [0.25, 0.3) is 0 Å². The summed E-state index contributed by atoms with van der Waals surface area (Å²) in [6.45, 7) is 3.55. The molecule has 0 saturated carbocycles. The monoisotopic (exact) mass is 219 g/mol. The molecule has 1 aliphatic heterocycles. The van der Waals surface area contributed by atoms with Crippen molar-refractivity contribution in [1.82, 2.24) is 5.32 Å². The van der Waals surface area contributed by atoms with E-state index in [9.17, 15) is 5.11 Å². The molecule has 0 aliphatic carbocycles. The predicted molar refractivity (Wildman–Crippen MR) is 60.8 cm³/mol. The summed E-state index contributed by atoms with van der Waals surface area (Å²) in [5, 5.41) is 13.4. The van der Waals surface area contributed by atoms with Crippen LogP contribution in [0.5, 0.6) is 0 Å². The van der Waals surface area contributed by atoms with Crippen LogP contribution in [0.25, 0.3) is 0 Å². The van der Waals surface area contributed by atoms with Gasteiger partial charge < -0.3 is 15.2 Å². The van der Waals surface area contributed by atoms with Crippen molar-refractivity contribution < 1.29 is 9.84 Å². The highest BCUT2D eigenvalue weighted by molar-refractivity contribution is 7.99. The largest absolute Gasteiger partial charge is 0.388 e. The summed E-state index contributed by atoms with van der Waals surface area (Å²) >= 11 is 1.83. The van der Waals surface area contributed by atoms with E-state index in [1.165, 1.54) is 0 Å². The summed E-state index contributed by atoms with van der Waals surface area (Å²) < 4.78 is 5.09. The van der Waals surface area contributed by atoms with Crippen LogP contribution in [0.1, 0.15) is 19.8 Å². The average molecular weight is 219 g/mol. The van der Waals surface area contributed by atoms with Crippen molar-refractivity contribution in [3.05, 3.63) is 0 Å². The van der Waals surface area contributed by atoms with Crippen molar-refractivity contribution in [3.8, 4) is 0 Å². The molecule has 0 aromatic carbocycles. The zero-order chi connectivity index (χ0) is 10.4. The van der Waals surface area contributed by atoms with Gasteiger partial charge in [0, 0.05) is 25.4 Å². The summed E-state index contributed by atoms with van der Waals surface area (Å²) in [5.41, 5.74) is -0.480. The van der Waals surface area contributed by atoms with Gasteiger partial charge in [-0.15, -0.1) is 0 Å². The Morgan fingerprint density at radius 1 is 1.64 bits per heavy atom. The Hall–Kier alpha value is 0.230. The number of hydrogen-bond donors (Lipinski definition) is 2. The Morgan fingerprint density at radius 3 is 2.93 bits per heavy atom. The number of methoxy groups -OCH3 is 1. The molecular weight excluding hydrogens is 198 g/mol. The van der Waals surface area contributed by atoms with Gasteiger partial charge in [-0.3, -0.25) is 0 Å². The van der Waals surface area contributed by atoms with Gasteiger partial charge in [-0.2, -0.15) is 11.8 Å². The second-order valence-corrected chi connectivity index (χ2v) is 5.07. The zero-order valence-corrected chi connectivity index (χ0v) is 9.90. The van der Waals surface area contributed by atoms with Crippen LogP contribution in [0.3, 0.4) is 0 Å². The molecule has 1 rings (SSSR count). The van der Waals surface area contributed by atoms with Gasteiger partial charge >= 0.3 is 0 Å². The van der Waals surface area contributed by atoms with E-state index in [0.29, 0.717) is 12.6 Å². The third-order valence-electron chi connectivity index (χ3n) is 2.66. The molecule has 0 bridgehead atoms. The maximum atomic E-state index is 10.1. The number of hydrogen-bond acceptors (Lipinski definition) is 4. The summed E-state index contributed by atoms with van der Waals surface area (Å²) in [6.07, 6.45) is 1.95. The highest BCUT2D eigenvalue weighted by atomic mass is 32.2. The van der Waals surface area contributed by atoms with E-state index in [2.05, 4.69) is 12.2 Å². The van der Waals surface area contributed by atoms with Crippen molar-refractivity contribution in [3.63, 3.8) is 0 Å². The highest BCUT2D eigenvalue weighted by Gasteiger charge is 2.31. The molecule has 4 heteroatoms. The SMILES string of the molecule is CC[C@H](COC)NC[C@@]1(O)CCSC1. The van der Waals surface area contributed by atoms with E-state index in [0.717, 1.165) is 31.0 Å². The minimum absolute atomic E-state index is 0.370. The Kier molecular flexibility index (Phi) is 5.23. The first-order valence-electron chi connectivity index (χ1n) is 5.22. The smallest absolute Gasteiger partial charge is 0.0869 e.